The lowest BCUT2D eigenvalue weighted by molar-refractivity contribution is 0.0600. The van der Waals surface area contributed by atoms with Crippen LogP contribution >= 0.6 is 0 Å². The average molecular weight is 292 g/mol. The molecule has 0 atom stereocenters. The van der Waals surface area contributed by atoms with Crippen molar-refractivity contribution in [2.45, 2.75) is 64.7 Å². The van der Waals surface area contributed by atoms with Crippen LogP contribution < -0.4 is 0 Å². The summed E-state index contributed by atoms with van der Waals surface area (Å²) >= 11 is 0. The van der Waals surface area contributed by atoms with Crippen molar-refractivity contribution in [3.63, 3.8) is 0 Å². The smallest absolute Gasteiger partial charge is 0.337 e. The topological polar surface area (TPSA) is 46.5 Å². The van der Waals surface area contributed by atoms with Crippen LogP contribution in [0, 0.1) is 0 Å². The number of methoxy groups -OCH3 is 1. The summed E-state index contributed by atoms with van der Waals surface area (Å²) in [5.74, 6) is -0.0854. The van der Waals surface area contributed by atoms with E-state index in [4.69, 9.17) is 4.74 Å². The zero-order valence-corrected chi connectivity index (χ0v) is 13.4. The third kappa shape index (κ3) is 6.65. The number of rotatable bonds is 10. The summed E-state index contributed by atoms with van der Waals surface area (Å²) in [5.41, 5.74) is 1.34. The first kappa shape index (κ1) is 17.5. The predicted octanol–water partition coefficient (Wildman–Crippen LogP) is 4.86. The van der Waals surface area contributed by atoms with E-state index in [9.17, 15) is 9.90 Å². The second kappa shape index (κ2) is 10.3. The molecule has 0 aliphatic rings. The Kier molecular flexibility index (Phi) is 8.56. The zero-order chi connectivity index (χ0) is 15.5. The first-order chi connectivity index (χ1) is 10.2. The molecule has 0 saturated heterocycles. The lowest BCUT2D eigenvalue weighted by Crippen LogP contribution is -2.02. The number of phenolic OH excluding ortho intramolecular Hbond substituents is 1. The van der Waals surface area contributed by atoms with E-state index in [0.29, 0.717) is 5.56 Å². The molecule has 0 spiro atoms. The fraction of sp³-hybridized carbons (Fsp3) is 0.611. The summed E-state index contributed by atoms with van der Waals surface area (Å²) in [6.45, 7) is 2.23. The van der Waals surface area contributed by atoms with Crippen LogP contribution in [0.3, 0.4) is 0 Å². The molecule has 1 rings (SSSR count). The molecule has 118 valence electrons. The number of hydrogen-bond acceptors (Lipinski definition) is 3. The molecule has 0 saturated carbocycles. The molecule has 0 radical (unpaired) electrons. The molecule has 0 bridgehead atoms. The summed E-state index contributed by atoms with van der Waals surface area (Å²) in [4.78, 5) is 11.5. The van der Waals surface area contributed by atoms with Gasteiger partial charge in [-0.3, -0.25) is 0 Å². The molecule has 0 unspecified atom stereocenters. The molecular formula is C18H28O3. The Morgan fingerprint density at radius 1 is 1.05 bits per heavy atom. The van der Waals surface area contributed by atoms with Crippen LogP contribution in [0.5, 0.6) is 5.75 Å². The van der Waals surface area contributed by atoms with Gasteiger partial charge in [0.05, 0.1) is 12.7 Å². The molecule has 0 amide bonds. The second-order valence-electron chi connectivity index (χ2n) is 5.56. The van der Waals surface area contributed by atoms with Crippen LogP contribution in [0.4, 0.5) is 0 Å². The highest BCUT2D eigenvalue weighted by atomic mass is 16.5. The predicted molar refractivity (Wildman–Crippen MR) is 85.8 cm³/mol. The molecule has 21 heavy (non-hydrogen) atoms. The molecule has 0 aliphatic heterocycles. The Labute approximate surface area is 128 Å². The number of carbonyl (C=O) groups is 1. The molecule has 3 heteroatoms. The number of ether oxygens (including phenoxy) is 1. The van der Waals surface area contributed by atoms with Crippen LogP contribution in [0.1, 0.15) is 74.2 Å². The number of benzene rings is 1. The minimum atomic E-state index is -0.354. The molecule has 1 N–H and O–H groups in total. The van der Waals surface area contributed by atoms with E-state index in [1.54, 1.807) is 18.2 Å². The number of unbranched alkanes of at least 4 members (excludes halogenated alkanes) is 7. The minimum absolute atomic E-state index is 0.269. The fourth-order valence-corrected chi connectivity index (χ4v) is 2.48. The molecular weight excluding hydrogens is 264 g/mol. The Morgan fingerprint density at radius 2 is 1.67 bits per heavy atom. The van der Waals surface area contributed by atoms with Gasteiger partial charge in [-0.1, -0.05) is 51.9 Å². The molecule has 0 fully saturated rings. The molecule has 0 aromatic heterocycles. The van der Waals surface area contributed by atoms with Crippen LogP contribution in [0.2, 0.25) is 0 Å². The van der Waals surface area contributed by atoms with Gasteiger partial charge in [0.15, 0.2) is 0 Å². The summed E-state index contributed by atoms with van der Waals surface area (Å²) in [6, 6.07) is 4.91. The Morgan fingerprint density at radius 3 is 2.29 bits per heavy atom. The van der Waals surface area contributed by atoms with Crippen molar-refractivity contribution in [3.8, 4) is 5.75 Å². The third-order valence-electron chi connectivity index (χ3n) is 3.80. The number of hydrogen-bond donors (Lipinski definition) is 1. The van der Waals surface area contributed by atoms with Gasteiger partial charge in [0, 0.05) is 0 Å². The van der Waals surface area contributed by atoms with Gasteiger partial charge in [0.2, 0.25) is 0 Å². The van der Waals surface area contributed by atoms with Gasteiger partial charge < -0.3 is 9.84 Å². The van der Waals surface area contributed by atoms with E-state index in [2.05, 4.69) is 6.92 Å². The second-order valence-corrected chi connectivity index (χ2v) is 5.56. The van der Waals surface area contributed by atoms with E-state index in [0.717, 1.165) is 18.4 Å². The van der Waals surface area contributed by atoms with Crippen molar-refractivity contribution in [1.82, 2.24) is 0 Å². The largest absolute Gasteiger partial charge is 0.508 e. The lowest BCUT2D eigenvalue weighted by atomic mass is 10.0. The average Bonchev–Trinajstić information content (AvgIpc) is 2.50. The van der Waals surface area contributed by atoms with Gasteiger partial charge in [0.25, 0.3) is 0 Å². The fourth-order valence-electron chi connectivity index (χ4n) is 2.48. The molecule has 0 heterocycles. The summed E-state index contributed by atoms with van der Waals surface area (Å²) in [6.07, 6.45) is 10.9. The van der Waals surface area contributed by atoms with Crippen molar-refractivity contribution in [2.24, 2.45) is 0 Å². The Balaban J connectivity index is 2.29. The third-order valence-corrected chi connectivity index (χ3v) is 3.80. The van der Waals surface area contributed by atoms with Gasteiger partial charge >= 0.3 is 5.97 Å². The summed E-state index contributed by atoms with van der Waals surface area (Å²) in [7, 11) is 1.37. The van der Waals surface area contributed by atoms with Gasteiger partial charge in [-0.15, -0.1) is 0 Å². The quantitative estimate of drug-likeness (QED) is 0.494. The maximum atomic E-state index is 11.5. The first-order valence-corrected chi connectivity index (χ1v) is 8.09. The van der Waals surface area contributed by atoms with E-state index in [1.165, 1.54) is 52.1 Å². The van der Waals surface area contributed by atoms with Crippen molar-refractivity contribution in [1.29, 1.82) is 0 Å². The van der Waals surface area contributed by atoms with Crippen molar-refractivity contribution in [2.75, 3.05) is 7.11 Å². The maximum Gasteiger partial charge on any atom is 0.337 e. The van der Waals surface area contributed by atoms with Gasteiger partial charge in [-0.2, -0.15) is 0 Å². The molecule has 1 aromatic rings. The van der Waals surface area contributed by atoms with Crippen LogP contribution in [-0.4, -0.2) is 18.2 Å². The summed E-state index contributed by atoms with van der Waals surface area (Å²) in [5, 5.41) is 9.84. The number of aryl methyl sites for hydroxylation is 1. The van der Waals surface area contributed by atoms with E-state index >= 15 is 0 Å². The monoisotopic (exact) mass is 292 g/mol. The van der Waals surface area contributed by atoms with Crippen LogP contribution in [0.15, 0.2) is 18.2 Å². The van der Waals surface area contributed by atoms with Crippen molar-refractivity contribution >= 4 is 5.97 Å². The number of esters is 1. The normalized spacial score (nSPS) is 10.6. The first-order valence-electron chi connectivity index (χ1n) is 8.09. The Bertz CT molecular complexity index is 426. The molecule has 3 nitrogen and oxygen atoms in total. The van der Waals surface area contributed by atoms with Gasteiger partial charge in [-0.25, -0.2) is 4.79 Å². The van der Waals surface area contributed by atoms with Crippen molar-refractivity contribution in [3.05, 3.63) is 29.3 Å². The number of aromatic hydroxyl groups is 1. The lowest BCUT2D eigenvalue weighted by Gasteiger charge is -2.07. The van der Waals surface area contributed by atoms with Crippen molar-refractivity contribution < 1.29 is 14.6 Å². The standard InChI is InChI=1S/C18H28O3/c1-3-4-5-6-7-8-9-10-11-15-14-16(18(20)21-2)12-13-17(15)19/h12-14,19H,3-11H2,1-2H3. The van der Waals surface area contributed by atoms with Crippen LogP contribution in [0.25, 0.3) is 0 Å². The molecule has 0 aliphatic carbocycles. The molecule has 1 aromatic carbocycles. The number of carbonyl (C=O) groups excluding carboxylic acids is 1. The highest BCUT2D eigenvalue weighted by Gasteiger charge is 2.09. The van der Waals surface area contributed by atoms with Gasteiger partial charge in [0.1, 0.15) is 5.75 Å². The Hall–Kier alpha value is -1.51. The van der Waals surface area contributed by atoms with E-state index in [-0.39, 0.29) is 11.7 Å². The van der Waals surface area contributed by atoms with E-state index < -0.39 is 0 Å². The SMILES string of the molecule is CCCCCCCCCCc1cc(C(=O)OC)ccc1O. The highest BCUT2D eigenvalue weighted by molar-refractivity contribution is 5.89. The van der Waals surface area contributed by atoms with Gasteiger partial charge in [-0.05, 0) is 36.6 Å². The minimum Gasteiger partial charge on any atom is -0.508 e. The maximum absolute atomic E-state index is 11.5. The summed E-state index contributed by atoms with van der Waals surface area (Å²) < 4.78 is 4.70. The zero-order valence-electron chi connectivity index (χ0n) is 13.4. The number of phenols is 1. The van der Waals surface area contributed by atoms with Crippen LogP contribution in [-0.2, 0) is 11.2 Å². The van der Waals surface area contributed by atoms with E-state index in [1.807, 2.05) is 0 Å². The highest BCUT2D eigenvalue weighted by Crippen LogP contribution is 2.21.